The molecule has 1 aliphatic carbocycles. The van der Waals surface area contributed by atoms with Gasteiger partial charge in [-0.05, 0) is 97.6 Å². The molecule has 17 heteroatoms. The molecule has 1 unspecified atom stereocenters. The summed E-state index contributed by atoms with van der Waals surface area (Å²) >= 11 is 6.24. The number of nitrogens with one attached hydrogen (secondary N) is 4. The van der Waals surface area contributed by atoms with E-state index in [2.05, 4.69) is 26.3 Å². The number of imidazole rings is 1. The van der Waals surface area contributed by atoms with Gasteiger partial charge in [-0.1, -0.05) is 72.2 Å². The Balaban J connectivity index is 0.884. The number of amides is 5. The van der Waals surface area contributed by atoms with Crippen LogP contribution >= 0.6 is 11.6 Å². The average molecular weight is 986 g/mol. The average Bonchev–Trinajstić information content (AvgIpc) is 3.95. The normalized spacial score (nSPS) is 19.8. The smallest absolute Gasteiger partial charge is 0.251 e. The van der Waals surface area contributed by atoms with Crippen molar-refractivity contribution in [2.75, 3.05) is 13.1 Å². The lowest BCUT2D eigenvalue weighted by Crippen LogP contribution is -2.74. The minimum absolute atomic E-state index is 0.0377. The number of aliphatic hydroxyl groups is 1. The van der Waals surface area contributed by atoms with E-state index in [0.717, 1.165) is 17.1 Å². The maximum Gasteiger partial charge on any atom is 0.251 e. The van der Waals surface area contributed by atoms with E-state index in [1.54, 1.807) is 93.7 Å². The lowest BCUT2D eigenvalue weighted by atomic mass is 9.49. The Morgan fingerprint density at radius 3 is 2.01 bits per heavy atom. The first kappa shape index (κ1) is 51.6. The van der Waals surface area contributed by atoms with E-state index in [9.17, 15) is 34.3 Å². The van der Waals surface area contributed by atoms with Crippen molar-refractivity contribution in [3.05, 3.63) is 136 Å². The summed E-state index contributed by atoms with van der Waals surface area (Å²) in [6, 6.07) is 25.0. The summed E-state index contributed by atoms with van der Waals surface area (Å²) in [6.07, 6.45) is 2.44. The molecule has 0 spiro atoms. The van der Waals surface area contributed by atoms with Crippen molar-refractivity contribution in [1.82, 2.24) is 35.7 Å². The molecule has 1 saturated heterocycles. The number of ether oxygens (including phenoxy) is 2. The lowest BCUT2D eigenvalue weighted by molar-refractivity contribution is -0.164. The second-order valence-electron chi connectivity index (χ2n) is 20.6. The monoisotopic (exact) mass is 984 g/mol. The van der Waals surface area contributed by atoms with Crippen LogP contribution in [0.3, 0.4) is 0 Å². The first-order valence-electron chi connectivity index (χ1n) is 23.5. The SMILES string of the molecule is Cc1nccn1-c1ccc([C@H](C)NC(=O)[C@@H]2C[C@@H](O)CN2C(=O)C(NC(=O)CNC(=O)c2ccc(Oc3ccc(C(=O)NC4C(C)(C)C(Oc5ccc(C#N)c(Cl)c5)C4(C)C)cc3)cc2)C(C)(C)C)cc1. The summed E-state index contributed by atoms with van der Waals surface area (Å²) in [6.45, 7) is 16.7. The molecular formula is C54H61ClN8O8. The summed E-state index contributed by atoms with van der Waals surface area (Å²) in [5.41, 5.74) is 1.17. The number of aliphatic hydroxyl groups excluding tert-OH is 1. The van der Waals surface area contributed by atoms with Crippen molar-refractivity contribution < 1.29 is 38.6 Å². The Hall–Kier alpha value is -7.22. The van der Waals surface area contributed by atoms with Crippen molar-refractivity contribution >= 4 is 41.1 Å². The van der Waals surface area contributed by atoms with Gasteiger partial charge in [0.15, 0.2) is 0 Å². The van der Waals surface area contributed by atoms with Gasteiger partial charge in [0.1, 0.15) is 47.3 Å². The number of rotatable bonds is 15. The van der Waals surface area contributed by atoms with Gasteiger partial charge in [-0.25, -0.2) is 4.98 Å². The van der Waals surface area contributed by atoms with Gasteiger partial charge < -0.3 is 45.3 Å². The fourth-order valence-electron chi connectivity index (χ4n) is 9.86. The third kappa shape index (κ3) is 11.4. The second-order valence-corrected chi connectivity index (χ2v) is 21.0. The Morgan fingerprint density at radius 1 is 0.873 bits per heavy atom. The molecule has 1 saturated carbocycles. The van der Waals surface area contributed by atoms with E-state index in [4.69, 9.17) is 21.1 Å². The van der Waals surface area contributed by atoms with Gasteiger partial charge in [0.25, 0.3) is 11.8 Å². The molecule has 2 heterocycles. The zero-order valence-electron chi connectivity index (χ0n) is 41.4. The number of hydrogen-bond donors (Lipinski definition) is 5. The van der Waals surface area contributed by atoms with Crippen LogP contribution in [-0.4, -0.2) is 92.5 Å². The third-order valence-electron chi connectivity index (χ3n) is 13.4. The van der Waals surface area contributed by atoms with Crippen molar-refractivity contribution in [2.24, 2.45) is 16.2 Å². The topological polar surface area (TPSA) is 217 Å². The molecule has 5 amide bonds. The van der Waals surface area contributed by atoms with Gasteiger partial charge in [0.2, 0.25) is 17.7 Å². The number of nitrogens with zero attached hydrogens (tertiary/aromatic N) is 4. The molecule has 2 fully saturated rings. The largest absolute Gasteiger partial charge is 0.489 e. The molecule has 4 aromatic carbocycles. The van der Waals surface area contributed by atoms with Gasteiger partial charge in [-0.3, -0.25) is 24.0 Å². The van der Waals surface area contributed by atoms with Crippen LogP contribution in [0.2, 0.25) is 5.02 Å². The summed E-state index contributed by atoms with van der Waals surface area (Å²) in [4.78, 5) is 73.3. The zero-order valence-corrected chi connectivity index (χ0v) is 42.1. The molecule has 7 rings (SSSR count). The first-order chi connectivity index (χ1) is 33.5. The van der Waals surface area contributed by atoms with Crippen LogP contribution in [0.25, 0.3) is 5.69 Å². The van der Waals surface area contributed by atoms with E-state index in [1.165, 1.54) is 4.90 Å². The number of β-amino-alcohol motifs (C(OH)–C–C–N with tert-alkyl or cyclic N) is 1. The maximum absolute atomic E-state index is 14.1. The molecule has 5 aromatic rings. The molecule has 16 nitrogen and oxygen atoms in total. The van der Waals surface area contributed by atoms with Crippen LogP contribution in [-0.2, 0) is 14.4 Å². The number of nitriles is 1. The quantitative estimate of drug-likeness (QED) is 0.0710. The maximum atomic E-state index is 14.1. The number of carbonyl (C=O) groups excluding carboxylic acids is 5. The van der Waals surface area contributed by atoms with Gasteiger partial charge in [-0.15, -0.1) is 0 Å². The third-order valence-corrected chi connectivity index (χ3v) is 13.8. The predicted octanol–water partition coefficient (Wildman–Crippen LogP) is 7.21. The molecule has 1 aromatic heterocycles. The van der Waals surface area contributed by atoms with E-state index >= 15 is 0 Å². The molecular weight excluding hydrogens is 924 g/mol. The molecule has 5 N–H and O–H groups in total. The van der Waals surface area contributed by atoms with E-state index in [0.29, 0.717) is 33.4 Å². The fourth-order valence-corrected chi connectivity index (χ4v) is 10.1. The zero-order chi connectivity index (χ0) is 51.6. The van der Waals surface area contributed by atoms with Gasteiger partial charge in [-0.2, -0.15) is 5.26 Å². The molecule has 372 valence electrons. The minimum Gasteiger partial charge on any atom is -0.489 e. The van der Waals surface area contributed by atoms with E-state index < -0.39 is 70.6 Å². The highest BCUT2D eigenvalue weighted by Gasteiger charge is 2.64. The number of hydrogen-bond acceptors (Lipinski definition) is 10. The van der Waals surface area contributed by atoms with Crippen molar-refractivity contribution in [3.8, 4) is 29.0 Å². The van der Waals surface area contributed by atoms with Crippen LogP contribution in [0.4, 0.5) is 0 Å². The Labute approximate surface area is 419 Å². The molecule has 0 bridgehead atoms. The van der Waals surface area contributed by atoms with Crippen LogP contribution in [0, 0.1) is 34.5 Å². The number of halogens is 1. The molecule has 1 aliphatic heterocycles. The van der Waals surface area contributed by atoms with E-state index in [-0.39, 0.29) is 36.6 Å². The lowest BCUT2D eigenvalue weighted by Gasteiger charge is -2.63. The molecule has 71 heavy (non-hydrogen) atoms. The van der Waals surface area contributed by atoms with E-state index in [1.807, 2.05) is 82.6 Å². The number of likely N-dealkylation sites (tertiary alicyclic amines) is 1. The highest BCUT2D eigenvalue weighted by Crippen LogP contribution is 2.55. The standard InChI is InChI=1S/C54H61ClN8O8/c1-31(33-10-17-37(18-11-33)62-25-24-57-32(62)2)59-48(68)43-26-38(64)30-63(43)49(69)45(52(3,4)5)60-44(65)29-58-46(66)34-12-19-39(20-13-34)70-40-21-14-35(15-22-40)47(67)61-50-53(6,7)51(54(50,8)9)71-41-23-16-36(28-56)42(55)27-41/h10-25,27,31,38,43,45,50-51,64H,26,29-30H2,1-9H3,(H,58,66)(H,59,68)(H,60,65)(H,61,67)/t31-,38+,43-,45?,50?,51?/m0/s1. The minimum atomic E-state index is -1.08. The van der Waals surface area contributed by atoms with Crippen LogP contribution in [0.1, 0.15) is 106 Å². The summed E-state index contributed by atoms with van der Waals surface area (Å²) < 4.78 is 14.3. The number of benzene rings is 4. The molecule has 0 radical (unpaired) electrons. The highest BCUT2D eigenvalue weighted by molar-refractivity contribution is 6.31. The number of aryl methyl sites for hydroxylation is 1. The Bertz CT molecular complexity index is 2820. The fraction of sp³-hybridized carbons (Fsp3) is 0.389. The molecule has 4 atom stereocenters. The first-order valence-corrected chi connectivity index (χ1v) is 23.9. The number of aromatic nitrogens is 2. The van der Waals surface area contributed by atoms with Gasteiger partial charge >= 0.3 is 0 Å². The van der Waals surface area contributed by atoms with Gasteiger partial charge in [0, 0.05) is 65.1 Å². The summed E-state index contributed by atoms with van der Waals surface area (Å²) in [7, 11) is 0. The van der Waals surface area contributed by atoms with Crippen LogP contribution in [0.5, 0.6) is 17.2 Å². The summed E-state index contributed by atoms with van der Waals surface area (Å²) in [5, 5.41) is 31.7. The van der Waals surface area contributed by atoms with Crippen molar-refractivity contribution in [1.29, 1.82) is 5.26 Å². The van der Waals surface area contributed by atoms with Gasteiger partial charge in [0.05, 0.1) is 29.3 Å². The Morgan fingerprint density at radius 2 is 1.46 bits per heavy atom. The second kappa shape index (κ2) is 20.6. The van der Waals surface area contributed by atoms with Crippen LogP contribution < -0.4 is 30.7 Å². The summed E-state index contributed by atoms with van der Waals surface area (Å²) in [5.74, 6) is -0.0638. The predicted molar refractivity (Wildman–Crippen MR) is 267 cm³/mol. The van der Waals surface area contributed by atoms with Crippen molar-refractivity contribution in [2.45, 2.75) is 105 Å². The highest BCUT2D eigenvalue weighted by atomic mass is 35.5. The van der Waals surface area contributed by atoms with Crippen molar-refractivity contribution in [3.63, 3.8) is 0 Å². The number of carbonyl (C=O) groups is 5. The van der Waals surface area contributed by atoms with Crippen LogP contribution in [0.15, 0.2) is 103 Å². The molecule has 2 aliphatic rings. The Kier molecular flexibility index (Phi) is 15.0.